The summed E-state index contributed by atoms with van der Waals surface area (Å²) in [6, 6.07) is 11.1. The largest absolute Gasteiger partial charge is 0.206 e. The summed E-state index contributed by atoms with van der Waals surface area (Å²) in [5, 5.41) is 2.69. The fraction of sp³-hybridized carbons (Fsp3) is 0.300. The average molecular weight is 298 g/mol. The molecule has 0 aliphatic rings. The minimum Gasteiger partial charge on any atom is -0.206 e. The van der Waals surface area contributed by atoms with E-state index in [1.807, 2.05) is 44.2 Å². The molecule has 0 aromatic heterocycles. The van der Waals surface area contributed by atoms with Gasteiger partial charge in [-0.25, -0.2) is 8.78 Å². The summed E-state index contributed by atoms with van der Waals surface area (Å²) in [5.74, 6) is -0.414. The van der Waals surface area contributed by atoms with Crippen molar-refractivity contribution in [3.05, 3.63) is 59.2 Å². The van der Waals surface area contributed by atoms with Crippen LogP contribution in [0.1, 0.15) is 37.8 Å². The lowest BCUT2D eigenvalue weighted by atomic mass is 9.97. The summed E-state index contributed by atoms with van der Waals surface area (Å²) in [5.41, 5.74) is 1.42. The van der Waals surface area contributed by atoms with E-state index < -0.39 is 0 Å². The topological polar surface area (TPSA) is 0 Å². The number of benzene rings is 3. The zero-order valence-electron chi connectivity index (χ0n) is 13.0. The third-order valence-corrected chi connectivity index (χ3v) is 4.23. The van der Waals surface area contributed by atoms with Crippen LogP contribution in [0.3, 0.4) is 0 Å². The summed E-state index contributed by atoms with van der Waals surface area (Å²) >= 11 is 0. The number of fused-ring (bicyclic) bond motifs is 2. The van der Waals surface area contributed by atoms with Gasteiger partial charge in [0.1, 0.15) is 11.6 Å². The summed E-state index contributed by atoms with van der Waals surface area (Å²) < 4.78 is 29.3. The van der Waals surface area contributed by atoms with Crippen molar-refractivity contribution in [2.24, 2.45) is 0 Å². The van der Waals surface area contributed by atoms with Gasteiger partial charge >= 0.3 is 0 Å². The number of halogens is 2. The first-order valence-electron chi connectivity index (χ1n) is 7.98. The molecule has 2 heteroatoms. The molecule has 3 aromatic carbocycles. The van der Waals surface area contributed by atoms with Gasteiger partial charge in [0.05, 0.1) is 0 Å². The van der Waals surface area contributed by atoms with E-state index in [4.69, 9.17) is 0 Å². The first-order valence-corrected chi connectivity index (χ1v) is 7.98. The number of aryl methyl sites for hydroxylation is 2. The van der Waals surface area contributed by atoms with Crippen molar-refractivity contribution in [3.63, 3.8) is 0 Å². The number of hydrogen-bond acceptors (Lipinski definition) is 0. The zero-order chi connectivity index (χ0) is 15.7. The van der Waals surface area contributed by atoms with Crippen molar-refractivity contribution in [3.8, 4) is 0 Å². The highest BCUT2D eigenvalue weighted by atomic mass is 19.1. The van der Waals surface area contributed by atoms with Crippen LogP contribution >= 0.6 is 0 Å². The van der Waals surface area contributed by atoms with Gasteiger partial charge in [-0.3, -0.25) is 0 Å². The van der Waals surface area contributed by atoms with Crippen LogP contribution in [0.2, 0.25) is 0 Å². The predicted molar refractivity (Wildman–Crippen MR) is 89.4 cm³/mol. The molecule has 0 amide bonds. The molecular weight excluding hydrogens is 278 g/mol. The molecule has 0 nitrogen and oxygen atoms in total. The van der Waals surface area contributed by atoms with Crippen molar-refractivity contribution >= 4 is 21.5 Å². The Labute approximate surface area is 129 Å². The first kappa shape index (κ1) is 15.0. The Bertz CT molecular complexity index is 767. The van der Waals surface area contributed by atoms with Crippen molar-refractivity contribution in [2.45, 2.75) is 39.5 Å². The molecule has 0 heterocycles. The van der Waals surface area contributed by atoms with Crippen LogP contribution in [-0.2, 0) is 12.8 Å². The van der Waals surface area contributed by atoms with E-state index in [0.717, 1.165) is 23.6 Å². The van der Waals surface area contributed by atoms with Crippen LogP contribution in [0.25, 0.3) is 21.5 Å². The SMILES string of the molecule is CCCc1ccc2cc3ccc(CCC)c(F)c3cc2c1F. The van der Waals surface area contributed by atoms with Crippen LogP contribution in [0.4, 0.5) is 8.78 Å². The maximum absolute atomic E-state index is 14.6. The van der Waals surface area contributed by atoms with E-state index in [0.29, 0.717) is 34.7 Å². The molecule has 0 aliphatic carbocycles. The molecule has 3 aromatic rings. The van der Waals surface area contributed by atoms with Gasteiger partial charge < -0.3 is 0 Å². The second-order valence-electron chi connectivity index (χ2n) is 5.87. The molecule has 3 rings (SSSR count). The lowest BCUT2D eigenvalue weighted by molar-refractivity contribution is 0.617. The second kappa shape index (κ2) is 6.04. The predicted octanol–water partition coefficient (Wildman–Crippen LogP) is 6.18. The molecule has 22 heavy (non-hydrogen) atoms. The van der Waals surface area contributed by atoms with E-state index in [9.17, 15) is 8.78 Å². The Morgan fingerprint density at radius 3 is 1.55 bits per heavy atom. The van der Waals surface area contributed by atoms with Crippen LogP contribution in [0.5, 0.6) is 0 Å². The average Bonchev–Trinajstić information content (AvgIpc) is 2.52. The van der Waals surface area contributed by atoms with Crippen LogP contribution < -0.4 is 0 Å². The molecule has 0 N–H and O–H groups in total. The fourth-order valence-electron chi connectivity index (χ4n) is 3.09. The Hall–Kier alpha value is -1.96. The standard InChI is InChI=1S/C20H20F2/c1-3-5-13-7-9-15-11-16-10-8-14(6-4-2)20(22)18(16)12-17(15)19(13)21/h7-12H,3-6H2,1-2H3. The van der Waals surface area contributed by atoms with Gasteiger partial charge in [0.25, 0.3) is 0 Å². The highest BCUT2D eigenvalue weighted by Gasteiger charge is 2.12. The monoisotopic (exact) mass is 298 g/mol. The van der Waals surface area contributed by atoms with Gasteiger partial charge in [-0.05, 0) is 46.9 Å². The molecule has 0 fully saturated rings. The molecule has 0 radical (unpaired) electrons. The second-order valence-corrected chi connectivity index (χ2v) is 5.87. The van der Waals surface area contributed by atoms with E-state index in [2.05, 4.69) is 0 Å². The summed E-state index contributed by atoms with van der Waals surface area (Å²) in [7, 11) is 0. The third kappa shape index (κ3) is 2.47. The number of hydrogen-bond donors (Lipinski definition) is 0. The van der Waals surface area contributed by atoms with Crippen molar-refractivity contribution in [1.29, 1.82) is 0 Å². The van der Waals surface area contributed by atoms with Gasteiger partial charge in [-0.15, -0.1) is 0 Å². The van der Waals surface area contributed by atoms with E-state index >= 15 is 0 Å². The molecular formula is C20H20F2. The van der Waals surface area contributed by atoms with Gasteiger partial charge in [0.2, 0.25) is 0 Å². The van der Waals surface area contributed by atoms with Crippen molar-refractivity contribution < 1.29 is 8.78 Å². The minimum atomic E-state index is -0.207. The molecule has 0 saturated carbocycles. The first-order chi connectivity index (χ1) is 10.7. The maximum atomic E-state index is 14.6. The number of rotatable bonds is 4. The van der Waals surface area contributed by atoms with E-state index in [1.165, 1.54) is 0 Å². The smallest absolute Gasteiger partial charge is 0.134 e. The summed E-state index contributed by atoms with van der Waals surface area (Å²) in [6.07, 6.45) is 3.20. The maximum Gasteiger partial charge on any atom is 0.134 e. The normalized spacial score (nSPS) is 11.5. The molecule has 0 aliphatic heterocycles. The van der Waals surface area contributed by atoms with Crippen LogP contribution in [0, 0.1) is 11.6 Å². The Kier molecular flexibility index (Phi) is 4.10. The van der Waals surface area contributed by atoms with Gasteiger partial charge in [-0.2, -0.15) is 0 Å². The molecule has 114 valence electrons. The van der Waals surface area contributed by atoms with E-state index in [-0.39, 0.29) is 11.6 Å². The highest BCUT2D eigenvalue weighted by molar-refractivity contribution is 5.99. The molecule has 0 spiro atoms. The molecule has 0 unspecified atom stereocenters. The Morgan fingerprint density at radius 1 is 0.682 bits per heavy atom. The Balaban J connectivity index is 2.28. The van der Waals surface area contributed by atoms with Gasteiger partial charge in [0, 0.05) is 10.8 Å². The zero-order valence-corrected chi connectivity index (χ0v) is 13.0. The molecule has 0 atom stereocenters. The lowest BCUT2D eigenvalue weighted by Gasteiger charge is -2.10. The highest BCUT2D eigenvalue weighted by Crippen LogP contribution is 2.30. The summed E-state index contributed by atoms with van der Waals surface area (Å²) in [4.78, 5) is 0. The fourth-order valence-corrected chi connectivity index (χ4v) is 3.09. The van der Waals surface area contributed by atoms with Gasteiger partial charge in [-0.1, -0.05) is 51.0 Å². The van der Waals surface area contributed by atoms with Crippen molar-refractivity contribution in [1.82, 2.24) is 0 Å². The third-order valence-electron chi connectivity index (χ3n) is 4.23. The van der Waals surface area contributed by atoms with Gasteiger partial charge in [0.15, 0.2) is 0 Å². The Morgan fingerprint density at radius 2 is 1.14 bits per heavy atom. The minimum absolute atomic E-state index is 0.207. The van der Waals surface area contributed by atoms with Crippen molar-refractivity contribution in [2.75, 3.05) is 0 Å². The lowest BCUT2D eigenvalue weighted by Crippen LogP contribution is -1.94. The van der Waals surface area contributed by atoms with E-state index in [1.54, 1.807) is 6.07 Å². The molecule has 0 bridgehead atoms. The van der Waals surface area contributed by atoms with Crippen LogP contribution in [-0.4, -0.2) is 0 Å². The summed E-state index contributed by atoms with van der Waals surface area (Å²) in [6.45, 7) is 4.06. The van der Waals surface area contributed by atoms with Crippen LogP contribution in [0.15, 0.2) is 36.4 Å². The quantitative estimate of drug-likeness (QED) is 0.505. The molecule has 0 saturated heterocycles.